The summed E-state index contributed by atoms with van der Waals surface area (Å²) in [6, 6.07) is 5.02. The smallest absolute Gasteiger partial charge is 0.251 e. The van der Waals surface area contributed by atoms with Crippen LogP contribution in [0.1, 0.15) is 0 Å². The van der Waals surface area contributed by atoms with Gasteiger partial charge in [-0.05, 0) is 24.4 Å². The van der Waals surface area contributed by atoms with Crippen LogP contribution in [0.2, 0.25) is 0 Å². The molecule has 2 N–H and O–H groups in total. The number of benzene rings is 1. The van der Waals surface area contributed by atoms with E-state index < -0.39 is 17.7 Å². The second-order valence-electron chi connectivity index (χ2n) is 6.65. The summed E-state index contributed by atoms with van der Waals surface area (Å²) in [4.78, 5) is 32.4. The van der Waals surface area contributed by atoms with E-state index in [0.717, 1.165) is 32.8 Å². The van der Waals surface area contributed by atoms with Crippen molar-refractivity contribution in [2.24, 2.45) is 10.9 Å². The van der Waals surface area contributed by atoms with Gasteiger partial charge in [0, 0.05) is 12.3 Å². The van der Waals surface area contributed by atoms with Crippen molar-refractivity contribution in [3.05, 3.63) is 18.2 Å². The summed E-state index contributed by atoms with van der Waals surface area (Å²) in [5.41, 5.74) is 0.401. The molecule has 0 spiro atoms. The largest absolute Gasteiger partial charge is 0.497 e. The highest BCUT2D eigenvalue weighted by molar-refractivity contribution is 7.80. The third kappa shape index (κ3) is 4.89. The Bertz CT molecular complexity index is 810. The summed E-state index contributed by atoms with van der Waals surface area (Å²) in [6.45, 7) is 4.73. The molecule has 1 aromatic carbocycles. The van der Waals surface area contributed by atoms with Gasteiger partial charge in [-0.2, -0.15) is 0 Å². The van der Waals surface area contributed by atoms with Crippen molar-refractivity contribution in [2.75, 3.05) is 58.5 Å². The molecule has 3 rings (SSSR count). The number of carbonyl (C=O) groups excluding carboxylic acids is 2. The maximum absolute atomic E-state index is 13.1. The lowest BCUT2D eigenvalue weighted by Gasteiger charge is -2.31. The molecule has 2 amide bonds. The Morgan fingerprint density at radius 3 is 2.76 bits per heavy atom. The molecule has 9 nitrogen and oxygen atoms in total. The fourth-order valence-corrected chi connectivity index (χ4v) is 3.52. The Balaban J connectivity index is 1.75. The molecule has 0 saturated carbocycles. The van der Waals surface area contributed by atoms with Crippen LogP contribution in [-0.4, -0.2) is 76.8 Å². The number of thiocarbonyl (C=S) groups is 1. The van der Waals surface area contributed by atoms with Gasteiger partial charge in [0.25, 0.3) is 5.91 Å². The number of carbonyl (C=O) groups is 2. The number of hydrogen-bond donors (Lipinski definition) is 2. The van der Waals surface area contributed by atoms with Gasteiger partial charge in [0.2, 0.25) is 5.91 Å². The zero-order chi connectivity index (χ0) is 20.8. The third-order valence-corrected chi connectivity index (χ3v) is 5.16. The number of anilines is 1. The monoisotopic (exact) mass is 421 g/mol. The number of aliphatic imine (C=N–C) groups is 1. The molecule has 2 aliphatic heterocycles. The molecule has 0 aromatic heterocycles. The second kappa shape index (κ2) is 9.77. The van der Waals surface area contributed by atoms with Crippen molar-refractivity contribution in [3.8, 4) is 11.5 Å². The van der Waals surface area contributed by atoms with Gasteiger partial charge in [0.05, 0.1) is 46.2 Å². The number of quaternary nitrogens is 1. The van der Waals surface area contributed by atoms with Crippen molar-refractivity contribution in [2.45, 2.75) is 0 Å². The van der Waals surface area contributed by atoms with Crippen LogP contribution in [0.5, 0.6) is 11.5 Å². The van der Waals surface area contributed by atoms with Gasteiger partial charge >= 0.3 is 0 Å². The summed E-state index contributed by atoms with van der Waals surface area (Å²) in [5, 5.41) is 2.57. The topological polar surface area (TPSA) is 93.9 Å². The van der Waals surface area contributed by atoms with Crippen molar-refractivity contribution in [1.29, 1.82) is 0 Å². The molecule has 0 unspecified atom stereocenters. The zero-order valence-electron chi connectivity index (χ0n) is 16.5. The molecule has 0 radical (unpaired) electrons. The van der Waals surface area contributed by atoms with Gasteiger partial charge in [-0.25, -0.2) is 0 Å². The first-order valence-corrected chi connectivity index (χ1v) is 9.78. The molecule has 156 valence electrons. The lowest BCUT2D eigenvalue weighted by molar-refractivity contribution is -0.906. The number of ether oxygens (including phenoxy) is 3. The summed E-state index contributed by atoms with van der Waals surface area (Å²) in [5.74, 6) is -1.05. The maximum Gasteiger partial charge on any atom is 0.251 e. The first kappa shape index (κ1) is 21.2. The van der Waals surface area contributed by atoms with Crippen LogP contribution in [0, 0.1) is 5.92 Å². The number of nitrogens with one attached hydrogen (secondary N) is 2. The minimum Gasteiger partial charge on any atom is -0.497 e. The van der Waals surface area contributed by atoms with Crippen LogP contribution in [-0.2, 0) is 14.3 Å². The Hall–Kier alpha value is -2.56. The molecule has 2 fully saturated rings. The molecule has 29 heavy (non-hydrogen) atoms. The molecule has 2 heterocycles. The van der Waals surface area contributed by atoms with Gasteiger partial charge in [-0.3, -0.25) is 19.5 Å². The third-order valence-electron chi connectivity index (χ3n) is 4.88. The maximum atomic E-state index is 13.1. The Morgan fingerprint density at radius 1 is 1.31 bits per heavy atom. The predicted octanol–water partition coefficient (Wildman–Crippen LogP) is -0.946. The van der Waals surface area contributed by atoms with E-state index in [1.165, 1.54) is 30.2 Å². The lowest BCUT2D eigenvalue weighted by atomic mass is 10.1. The molecule has 0 bridgehead atoms. The average molecular weight is 421 g/mol. The van der Waals surface area contributed by atoms with Crippen molar-refractivity contribution >= 4 is 41.0 Å². The van der Waals surface area contributed by atoms with E-state index in [1.54, 1.807) is 18.2 Å². The van der Waals surface area contributed by atoms with E-state index >= 15 is 0 Å². The van der Waals surface area contributed by atoms with Crippen LogP contribution in [0.25, 0.3) is 0 Å². The van der Waals surface area contributed by atoms with Crippen molar-refractivity contribution in [3.63, 3.8) is 0 Å². The number of morpholine rings is 1. The quantitative estimate of drug-likeness (QED) is 0.335. The lowest BCUT2D eigenvalue weighted by Crippen LogP contribution is -3.14. The van der Waals surface area contributed by atoms with E-state index in [2.05, 4.69) is 10.3 Å². The minimum atomic E-state index is -1.06. The second-order valence-corrected chi connectivity index (χ2v) is 7.04. The van der Waals surface area contributed by atoms with Crippen molar-refractivity contribution in [1.82, 2.24) is 5.32 Å². The highest BCUT2D eigenvalue weighted by Crippen LogP contribution is 2.34. The Kier molecular flexibility index (Phi) is 7.13. The molecule has 1 aromatic rings. The summed E-state index contributed by atoms with van der Waals surface area (Å²) in [7, 11) is 3.02. The van der Waals surface area contributed by atoms with Crippen LogP contribution in [0.4, 0.5) is 5.69 Å². The summed E-state index contributed by atoms with van der Waals surface area (Å²) < 4.78 is 15.9. The van der Waals surface area contributed by atoms with Crippen LogP contribution in [0.15, 0.2) is 23.2 Å². The molecule has 1 atom stereocenters. The number of hydrogen-bond acceptors (Lipinski definition) is 7. The number of rotatable bonds is 7. The fourth-order valence-electron chi connectivity index (χ4n) is 3.23. The van der Waals surface area contributed by atoms with E-state index in [1.807, 2.05) is 0 Å². The minimum absolute atomic E-state index is 0.00559. The van der Waals surface area contributed by atoms with E-state index in [-0.39, 0.29) is 5.11 Å². The molecular formula is C19H25N4O5S+. The Morgan fingerprint density at radius 2 is 2.07 bits per heavy atom. The molecule has 10 heteroatoms. The van der Waals surface area contributed by atoms with Crippen LogP contribution >= 0.6 is 12.2 Å². The van der Waals surface area contributed by atoms with Gasteiger partial charge in [0.15, 0.2) is 11.0 Å². The molecule has 2 aliphatic rings. The van der Waals surface area contributed by atoms with Gasteiger partial charge in [-0.1, -0.05) is 0 Å². The van der Waals surface area contributed by atoms with E-state index in [0.29, 0.717) is 23.7 Å². The molecule has 2 saturated heterocycles. The van der Waals surface area contributed by atoms with Gasteiger partial charge in [-0.15, -0.1) is 0 Å². The van der Waals surface area contributed by atoms with E-state index in [9.17, 15) is 9.59 Å². The van der Waals surface area contributed by atoms with Gasteiger partial charge < -0.3 is 24.4 Å². The number of amides is 2. The highest BCUT2D eigenvalue weighted by Gasteiger charge is 2.39. The highest BCUT2D eigenvalue weighted by atomic mass is 32.1. The number of nitrogens with zero attached hydrogens (tertiary/aromatic N) is 2. The standard InChI is InChI=1S/C19H24N4O5S/c1-26-13-3-4-16(27-2)15(11-13)23-18(25)14(17(24)21-19(23)29)12-20-5-6-22-7-9-28-10-8-22/h3-4,11-12,14H,5-10H2,1-2H3,(H,21,24,29)/p+1/t14-/m0/s1. The SMILES string of the molecule is COc1ccc(OC)c(N2C(=O)[C@@H](C=NCC[NH+]3CCOCC3)C(=O)NC2=S)c1. The Labute approximate surface area is 174 Å². The normalized spacial score (nSPS) is 20.8. The average Bonchev–Trinajstić information content (AvgIpc) is 2.73. The predicted molar refractivity (Wildman–Crippen MR) is 111 cm³/mol. The summed E-state index contributed by atoms with van der Waals surface area (Å²) in [6.07, 6.45) is 1.40. The molecule has 0 aliphatic carbocycles. The van der Waals surface area contributed by atoms with Crippen LogP contribution < -0.4 is 24.6 Å². The first-order chi connectivity index (χ1) is 14.0. The van der Waals surface area contributed by atoms with Gasteiger partial charge in [0.1, 0.15) is 24.6 Å². The zero-order valence-corrected chi connectivity index (χ0v) is 17.3. The van der Waals surface area contributed by atoms with Crippen molar-refractivity contribution < 1.29 is 28.7 Å². The van der Waals surface area contributed by atoms with E-state index in [4.69, 9.17) is 26.4 Å². The molecular weight excluding hydrogens is 396 g/mol. The first-order valence-electron chi connectivity index (χ1n) is 9.37. The number of methoxy groups -OCH3 is 2. The summed E-state index contributed by atoms with van der Waals surface area (Å²) >= 11 is 5.24. The fraction of sp³-hybridized carbons (Fsp3) is 0.474. The van der Waals surface area contributed by atoms with Crippen LogP contribution in [0.3, 0.4) is 0 Å².